The topological polar surface area (TPSA) is 72.4 Å². The van der Waals surface area contributed by atoms with Gasteiger partial charge in [-0.3, -0.25) is 4.79 Å². The average Bonchev–Trinajstić information content (AvgIpc) is 2.55. The standard InChI is InChI=1S/C21H25F2NO3S/c1-12-7-6-8-13(2)19(12)14-9-15(20(23)16(22)10-14)17(11-18(25)26)24-28(27)21(3,4)5/h6-10,17,24H,11H2,1-5H3,(H,25,26)/t17-,28+/m0/s1. The summed E-state index contributed by atoms with van der Waals surface area (Å²) in [5.41, 5.74) is 2.82. The van der Waals surface area contributed by atoms with Gasteiger partial charge in [0.1, 0.15) is 4.75 Å². The number of hydrogen-bond donors (Lipinski definition) is 2. The van der Waals surface area contributed by atoms with Crippen molar-refractivity contribution in [1.82, 2.24) is 4.72 Å². The number of carboxylic acid groups (broad SMARTS) is 1. The van der Waals surface area contributed by atoms with E-state index in [1.54, 1.807) is 20.8 Å². The van der Waals surface area contributed by atoms with Crippen LogP contribution in [0.4, 0.5) is 8.78 Å². The van der Waals surface area contributed by atoms with Crippen molar-refractivity contribution >= 4 is 17.3 Å². The van der Waals surface area contributed by atoms with Gasteiger partial charge in [0, 0.05) is 16.9 Å². The van der Waals surface area contributed by atoms with Gasteiger partial charge >= 0.3 is 5.97 Å². The second kappa shape index (κ2) is 8.59. The molecule has 0 fully saturated rings. The van der Waals surface area contributed by atoms with Gasteiger partial charge in [-0.05, 0) is 69.0 Å². The van der Waals surface area contributed by atoms with Gasteiger partial charge in [0.05, 0.1) is 12.5 Å². The van der Waals surface area contributed by atoms with E-state index in [-0.39, 0.29) is 5.56 Å². The van der Waals surface area contributed by atoms with Gasteiger partial charge < -0.3 is 9.66 Å². The van der Waals surface area contributed by atoms with Crippen LogP contribution in [0.1, 0.15) is 49.9 Å². The summed E-state index contributed by atoms with van der Waals surface area (Å²) in [4.78, 5) is 11.3. The predicted octanol–water partition coefficient (Wildman–Crippen LogP) is 4.82. The third-order valence-corrected chi connectivity index (χ3v) is 6.00. The van der Waals surface area contributed by atoms with E-state index in [1.807, 2.05) is 32.0 Å². The van der Waals surface area contributed by atoms with Gasteiger partial charge in [0.15, 0.2) is 11.6 Å². The summed E-state index contributed by atoms with van der Waals surface area (Å²) < 4.78 is 43.5. The molecule has 0 radical (unpaired) electrons. The van der Waals surface area contributed by atoms with Crippen molar-refractivity contribution in [2.45, 2.75) is 51.8 Å². The Labute approximate surface area is 167 Å². The van der Waals surface area contributed by atoms with Crippen molar-refractivity contribution in [3.8, 4) is 11.1 Å². The minimum absolute atomic E-state index is 0.155. The Kier molecular flexibility index (Phi) is 6.85. The first kappa shape index (κ1) is 22.3. The summed E-state index contributed by atoms with van der Waals surface area (Å²) in [7, 11) is 0. The van der Waals surface area contributed by atoms with E-state index in [1.165, 1.54) is 6.07 Å². The Morgan fingerprint density at radius 1 is 1.21 bits per heavy atom. The molecule has 7 heteroatoms. The summed E-state index contributed by atoms with van der Waals surface area (Å²) >= 11 is -1.66. The fraction of sp³-hybridized carbons (Fsp3) is 0.381. The summed E-state index contributed by atoms with van der Waals surface area (Å²) in [6.07, 6.45) is -0.533. The number of halogens is 2. The molecule has 0 saturated heterocycles. The SMILES string of the molecule is Cc1cccc(C)c1-c1cc(F)c(F)c([C@H](CC(=O)O)N[S@+]([O-])C(C)(C)C)c1. The van der Waals surface area contributed by atoms with Gasteiger partial charge in [-0.2, -0.15) is 0 Å². The molecular formula is C21H25F2NO3S. The Balaban J connectivity index is 2.60. The largest absolute Gasteiger partial charge is 0.598 e. The van der Waals surface area contributed by atoms with Crippen LogP contribution in [0.5, 0.6) is 0 Å². The molecule has 0 unspecified atom stereocenters. The zero-order valence-electron chi connectivity index (χ0n) is 16.6. The number of aliphatic carboxylic acids is 1. The maximum atomic E-state index is 14.6. The molecule has 2 aromatic rings. The third kappa shape index (κ3) is 5.10. The first-order chi connectivity index (χ1) is 12.9. The van der Waals surface area contributed by atoms with Crippen LogP contribution in [-0.2, 0) is 16.2 Å². The lowest BCUT2D eigenvalue weighted by molar-refractivity contribution is -0.137. The molecule has 4 nitrogen and oxygen atoms in total. The van der Waals surface area contributed by atoms with Gasteiger partial charge in [-0.15, -0.1) is 4.72 Å². The highest BCUT2D eigenvalue weighted by Gasteiger charge is 2.33. The molecular weight excluding hydrogens is 384 g/mol. The van der Waals surface area contributed by atoms with Gasteiger partial charge in [0.25, 0.3) is 0 Å². The Morgan fingerprint density at radius 2 is 1.79 bits per heavy atom. The number of hydrogen-bond acceptors (Lipinski definition) is 3. The number of carboxylic acids is 1. The monoisotopic (exact) mass is 409 g/mol. The van der Waals surface area contributed by atoms with E-state index in [9.17, 15) is 23.2 Å². The maximum Gasteiger partial charge on any atom is 0.305 e. The smallest absolute Gasteiger partial charge is 0.305 e. The molecule has 0 aliphatic carbocycles. The molecule has 0 bridgehead atoms. The van der Waals surface area contributed by atoms with Crippen LogP contribution in [0.3, 0.4) is 0 Å². The molecule has 2 rings (SSSR count). The molecule has 0 aromatic heterocycles. The number of rotatable bonds is 6. The van der Waals surface area contributed by atoms with Crippen LogP contribution in [0, 0.1) is 25.5 Å². The zero-order chi connectivity index (χ0) is 21.2. The van der Waals surface area contributed by atoms with Crippen LogP contribution in [0.2, 0.25) is 0 Å². The highest BCUT2D eigenvalue weighted by molar-refractivity contribution is 7.90. The van der Waals surface area contributed by atoms with Gasteiger partial charge in [-0.25, -0.2) is 8.78 Å². The molecule has 152 valence electrons. The van der Waals surface area contributed by atoms with Crippen LogP contribution in [0.25, 0.3) is 11.1 Å². The van der Waals surface area contributed by atoms with Crippen molar-refractivity contribution in [3.05, 3.63) is 58.7 Å². The maximum absolute atomic E-state index is 14.6. The molecule has 2 N–H and O–H groups in total. The summed E-state index contributed by atoms with van der Waals surface area (Å²) in [5.74, 6) is -3.42. The molecule has 0 spiro atoms. The van der Waals surface area contributed by atoms with Crippen molar-refractivity contribution in [1.29, 1.82) is 0 Å². The van der Waals surface area contributed by atoms with Gasteiger partial charge in [-0.1, -0.05) is 18.2 Å². The lowest BCUT2D eigenvalue weighted by Crippen LogP contribution is -2.42. The average molecular weight is 409 g/mol. The molecule has 2 atom stereocenters. The molecule has 0 saturated carbocycles. The quantitative estimate of drug-likeness (QED) is 0.671. The summed E-state index contributed by atoms with van der Waals surface area (Å²) in [5, 5.41) is 9.24. The lowest BCUT2D eigenvalue weighted by atomic mass is 9.92. The molecule has 2 aromatic carbocycles. The van der Waals surface area contributed by atoms with E-state index in [0.717, 1.165) is 22.8 Å². The second-order valence-electron chi connectivity index (χ2n) is 7.78. The fourth-order valence-corrected chi connectivity index (χ4v) is 3.80. The van der Waals surface area contributed by atoms with Crippen LogP contribution >= 0.6 is 0 Å². The van der Waals surface area contributed by atoms with Crippen LogP contribution in [-0.4, -0.2) is 20.4 Å². The van der Waals surface area contributed by atoms with E-state index < -0.39 is 46.2 Å². The lowest BCUT2D eigenvalue weighted by Gasteiger charge is -2.28. The first-order valence-electron chi connectivity index (χ1n) is 8.87. The molecule has 0 amide bonds. The van der Waals surface area contributed by atoms with E-state index in [0.29, 0.717) is 5.56 Å². The van der Waals surface area contributed by atoms with Crippen molar-refractivity contribution in [3.63, 3.8) is 0 Å². The minimum atomic E-state index is -1.66. The highest BCUT2D eigenvalue weighted by atomic mass is 32.2. The number of nitrogens with one attached hydrogen (secondary N) is 1. The third-order valence-electron chi connectivity index (χ3n) is 4.39. The van der Waals surface area contributed by atoms with Crippen molar-refractivity contribution < 1.29 is 23.2 Å². The summed E-state index contributed by atoms with van der Waals surface area (Å²) in [6.45, 7) is 8.85. The molecule has 0 aliphatic heterocycles. The van der Waals surface area contributed by atoms with E-state index in [2.05, 4.69) is 4.72 Å². The van der Waals surface area contributed by atoms with Crippen LogP contribution < -0.4 is 4.72 Å². The molecule has 28 heavy (non-hydrogen) atoms. The van der Waals surface area contributed by atoms with Crippen molar-refractivity contribution in [2.75, 3.05) is 0 Å². The number of benzene rings is 2. The zero-order valence-corrected chi connectivity index (χ0v) is 17.4. The van der Waals surface area contributed by atoms with E-state index >= 15 is 0 Å². The highest BCUT2D eigenvalue weighted by Crippen LogP contribution is 2.33. The Morgan fingerprint density at radius 3 is 2.29 bits per heavy atom. The Hall–Kier alpha value is -1.96. The van der Waals surface area contributed by atoms with Gasteiger partial charge in [0.2, 0.25) is 0 Å². The second-order valence-corrected chi connectivity index (χ2v) is 9.78. The Bertz CT molecular complexity index is 860. The van der Waals surface area contributed by atoms with E-state index in [4.69, 9.17) is 0 Å². The van der Waals surface area contributed by atoms with Crippen molar-refractivity contribution in [2.24, 2.45) is 0 Å². The molecule has 0 heterocycles. The molecule has 0 aliphatic rings. The number of aryl methyl sites for hydroxylation is 2. The van der Waals surface area contributed by atoms with Crippen LogP contribution in [0.15, 0.2) is 30.3 Å². The normalized spacial score (nSPS) is 14.0. The predicted molar refractivity (Wildman–Crippen MR) is 107 cm³/mol. The summed E-state index contributed by atoms with van der Waals surface area (Å²) in [6, 6.07) is 7.00. The minimum Gasteiger partial charge on any atom is -0.598 e. The first-order valence-corrected chi connectivity index (χ1v) is 10.0. The number of carbonyl (C=O) groups is 1. The fourth-order valence-electron chi connectivity index (χ4n) is 2.97.